The van der Waals surface area contributed by atoms with Gasteiger partial charge in [0, 0.05) is 5.56 Å². The molecule has 1 aromatic rings. The third kappa shape index (κ3) is 3.55. The molecule has 0 fully saturated rings. The van der Waals surface area contributed by atoms with E-state index >= 15 is 0 Å². The summed E-state index contributed by atoms with van der Waals surface area (Å²) in [6, 6.07) is 2.14. The van der Waals surface area contributed by atoms with Crippen LogP contribution in [0.25, 0.3) is 0 Å². The van der Waals surface area contributed by atoms with E-state index in [0.29, 0.717) is 0 Å². The highest BCUT2D eigenvalue weighted by molar-refractivity contribution is 8.45. The Labute approximate surface area is 103 Å². The van der Waals surface area contributed by atoms with Crippen LogP contribution in [-0.2, 0) is 3.79 Å². The zero-order valence-electron chi connectivity index (χ0n) is 7.24. The highest BCUT2D eigenvalue weighted by Crippen LogP contribution is 3.02. The molecule has 0 unspecified atom stereocenters. The summed E-state index contributed by atoms with van der Waals surface area (Å²) in [6.07, 6.45) is 0. The van der Waals surface area contributed by atoms with Crippen LogP contribution < -0.4 is 0 Å². The Morgan fingerprint density at radius 2 is 1.44 bits per heavy atom. The van der Waals surface area contributed by atoms with E-state index in [2.05, 4.69) is 0 Å². The van der Waals surface area contributed by atoms with Crippen LogP contribution in [0.1, 0.15) is 5.56 Å². The number of rotatable bonds is 1. The van der Waals surface area contributed by atoms with Crippen LogP contribution in [0.15, 0.2) is 29.2 Å². The van der Waals surface area contributed by atoms with Gasteiger partial charge in [-0.1, -0.05) is 66.4 Å². The fraction of sp³-hybridized carbons (Fsp3) is 0.143. The van der Waals surface area contributed by atoms with Crippen LogP contribution >= 0.6 is 45.0 Å². The van der Waals surface area contributed by atoms with Gasteiger partial charge in [0.1, 0.15) is 4.90 Å². The first-order valence-corrected chi connectivity index (χ1v) is 6.70. The predicted octanol–water partition coefficient (Wildman–Crippen LogP) is 6.17. The number of hydrogen-bond acceptors (Lipinski definition) is 0. The number of halogens is 8. The lowest BCUT2D eigenvalue weighted by Crippen LogP contribution is -2.08. The van der Waals surface area contributed by atoms with Crippen molar-refractivity contribution in [2.24, 2.45) is 0 Å². The highest BCUT2D eigenvalue weighted by Gasteiger charge is 2.65. The Balaban J connectivity index is 3.43. The van der Waals surface area contributed by atoms with Crippen LogP contribution in [0.4, 0.5) is 19.4 Å². The summed E-state index contributed by atoms with van der Waals surface area (Å²) in [5.41, 5.74) is -0.469. The van der Waals surface area contributed by atoms with Crippen LogP contribution in [-0.4, -0.2) is 0 Å². The Bertz CT molecular complexity index is 421. The Kier molecular flexibility index (Phi) is 2.74. The largest absolute Gasteiger partial charge is 0.310 e. The van der Waals surface area contributed by atoms with E-state index in [0.717, 1.165) is 12.1 Å². The SMILES string of the molecule is FS(F)(F)(F)(F)c1cccc(C(Cl)(Cl)Cl)c1. The van der Waals surface area contributed by atoms with E-state index in [1.54, 1.807) is 0 Å². The molecule has 0 aliphatic rings. The lowest BCUT2D eigenvalue weighted by atomic mass is 10.2. The molecule has 0 radical (unpaired) electrons. The predicted molar refractivity (Wildman–Crippen MR) is 57.1 cm³/mol. The third-order valence-corrected chi connectivity index (χ3v) is 3.41. The molecule has 0 bridgehead atoms. The van der Waals surface area contributed by atoms with Crippen LogP contribution in [0.5, 0.6) is 0 Å². The van der Waals surface area contributed by atoms with Gasteiger partial charge in [0.15, 0.2) is 0 Å². The molecule has 0 saturated carbocycles. The zero-order chi connectivity index (χ0) is 12.9. The van der Waals surface area contributed by atoms with Gasteiger partial charge in [-0.2, -0.15) is 0 Å². The highest BCUT2D eigenvalue weighted by atomic mass is 35.6. The quantitative estimate of drug-likeness (QED) is 0.428. The molecule has 0 aromatic heterocycles. The molecular formula is C7H4Cl3F5S. The molecule has 0 N–H and O–H groups in total. The van der Waals surface area contributed by atoms with E-state index < -0.39 is 24.5 Å². The normalized spacial score (nSPS) is 17.8. The van der Waals surface area contributed by atoms with Crippen molar-refractivity contribution in [2.45, 2.75) is 8.69 Å². The van der Waals surface area contributed by atoms with Crippen LogP contribution in [0.3, 0.4) is 0 Å². The molecule has 1 rings (SSSR count). The second-order valence-corrected chi connectivity index (χ2v) is 7.69. The average Bonchev–Trinajstić information content (AvgIpc) is 1.99. The van der Waals surface area contributed by atoms with Crippen molar-refractivity contribution in [3.05, 3.63) is 29.8 Å². The average molecular weight is 322 g/mol. The molecule has 0 aliphatic carbocycles. The van der Waals surface area contributed by atoms with Gasteiger partial charge in [-0.05, 0) is 12.1 Å². The van der Waals surface area contributed by atoms with Crippen molar-refractivity contribution in [2.75, 3.05) is 0 Å². The van der Waals surface area contributed by atoms with Gasteiger partial charge in [-0.3, -0.25) is 0 Å². The van der Waals surface area contributed by atoms with E-state index in [9.17, 15) is 19.4 Å². The molecule has 0 aliphatic heterocycles. The van der Waals surface area contributed by atoms with Crippen LogP contribution in [0, 0.1) is 0 Å². The molecule has 9 heteroatoms. The maximum absolute atomic E-state index is 12.4. The summed E-state index contributed by atoms with van der Waals surface area (Å²) in [7, 11) is -9.72. The number of hydrogen-bond donors (Lipinski definition) is 0. The topological polar surface area (TPSA) is 0 Å². The maximum atomic E-state index is 12.4. The number of alkyl halides is 3. The van der Waals surface area contributed by atoms with E-state index in [1.165, 1.54) is 0 Å². The third-order valence-electron chi connectivity index (χ3n) is 1.61. The van der Waals surface area contributed by atoms with E-state index in [4.69, 9.17) is 34.8 Å². The fourth-order valence-electron chi connectivity index (χ4n) is 0.912. The van der Waals surface area contributed by atoms with Crippen LogP contribution in [0.2, 0.25) is 0 Å². The van der Waals surface area contributed by atoms with E-state index in [-0.39, 0.29) is 12.1 Å². The molecule has 0 amide bonds. The van der Waals surface area contributed by atoms with Gasteiger partial charge < -0.3 is 0 Å². The lowest BCUT2D eigenvalue weighted by Gasteiger charge is -2.40. The van der Waals surface area contributed by atoms with Crippen molar-refractivity contribution < 1.29 is 19.4 Å². The van der Waals surface area contributed by atoms with Crippen molar-refractivity contribution in [3.63, 3.8) is 0 Å². The molecule has 94 valence electrons. The minimum atomic E-state index is -9.72. The Morgan fingerprint density at radius 3 is 1.81 bits per heavy atom. The first-order chi connectivity index (χ1) is 6.70. The molecule has 0 atom stereocenters. The lowest BCUT2D eigenvalue weighted by molar-refractivity contribution is 0.364. The van der Waals surface area contributed by atoms with E-state index in [1.807, 2.05) is 0 Å². The summed E-state index contributed by atoms with van der Waals surface area (Å²) in [5.74, 6) is 0. The smallest absolute Gasteiger partial charge is 0.0936 e. The van der Waals surface area contributed by atoms with Gasteiger partial charge in [0.05, 0.1) is 0 Å². The van der Waals surface area contributed by atoms with Gasteiger partial charge >= 0.3 is 10.2 Å². The summed E-state index contributed by atoms with van der Waals surface area (Å²) in [4.78, 5) is -2.08. The van der Waals surface area contributed by atoms with Crippen molar-refractivity contribution in [1.82, 2.24) is 0 Å². The summed E-state index contributed by atoms with van der Waals surface area (Å²) >= 11 is 15.9. The zero-order valence-corrected chi connectivity index (χ0v) is 10.3. The summed E-state index contributed by atoms with van der Waals surface area (Å²) < 4.78 is 59.8. The second kappa shape index (κ2) is 3.10. The number of benzene rings is 1. The van der Waals surface area contributed by atoms with Gasteiger partial charge in [-0.15, -0.1) is 0 Å². The Hall–Kier alpha value is 0.0900. The van der Waals surface area contributed by atoms with Gasteiger partial charge in [0.25, 0.3) is 0 Å². The molecule has 0 saturated heterocycles. The first kappa shape index (κ1) is 14.2. The molecular weight excluding hydrogens is 317 g/mol. The molecule has 0 spiro atoms. The van der Waals surface area contributed by atoms with Crippen molar-refractivity contribution in [3.8, 4) is 0 Å². The minimum Gasteiger partial charge on any atom is -0.0936 e. The second-order valence-electron chi connectivity index (χ2n) is 2.99. The maximum Gasteiger partial charge on any atom is 0.310 e. The molecule has 0 heterocycles. The van der Waals surface area contributed by atoms with Crippen molar-refractivity contribution >= 4 is 45.0 Å². The van der Waals surface area contributed by atoms with Crippen molar-refractivity contribution in [1.29, 1.82) is 0 Å². The molecule has 16 heavy (non-hydrogen) atoms. The molecule has 1 aromatic carbocycles. The summed E-state index contributed by atoms with van der Waals surface area (Å²) in [5, 5.41) is 0. The minimum absolute atomic E-state index is 0.133. The first-order valence-electron chi connectivity index (χ1n) is 3.61. The van der Waals surface area contributed by atoms with Gasteiger partial charge in [-0.25, -0.2) is 0 Å². The standard InChI is InChI=1S/C7H4Cl3F5S/c8-7(9,10)5-2-1-3-6(4-5)16(11,12,13,14)15/h1-4H. The fourth-order valence-corrected chi connectivity index (χ4v) is 1.95. The molecule has 0 nitrogen and oxygen atoms in total. The Morgan fingerprint density at radius 1 is 0.938 bits per heavy atom. The summed E-state index contributed by atoms with van der Waals surface area (Å²) in [6.45, 7) is 0. The monoisotopic (exact) mass is 320 g/mol. The van der Waals surface area contributed by atoms with Gasteiger partial charge in [0.2, 0.25) is 3.79 Å².